The number of benzene rings is 1. The van der Waals surface area contributed by atoms with Crippen LogP contribution in [0.15, 0.2) is 47.5 Å². The molecule has 0 atom stereocenters. The molecule has 0 radical (unpaired) electrons. The molecule has 0 aliphatic heterocycles. The second kappa shape index (κ2) is 7.19. The minimum atomic E-state index is -0.337. The summed E-state index contributed by atoms with van der Waals surface area (Å²) in [5, 5.41) is 5.63. The molecule has 0 spiro atoms. The average Bonchev–Trinajstić information content (AvgIpc) is 3.03. The zero-order chi connectivity index (χ0) is 19.8. The first kappa shape index (κ1) is 18.4. The number of pyridine rings is 1. The highest BCUT2D eigenvalue weighted by Crippen LogP contribution is 2.30. The summed E-state index contributed by atoms with van der Waals surface area (Å²) in [6.45, 7) is 0.295. The Morgan fingerprint density at radius 3 is 2.75 bits per heavy atom. The lowest BCUT2D eigenvalue weighted by Gasteiger charge is -2.08. The molecule has 10 heteroatoms. The lowest BCUT2D eigenvalue weighted by atomic mass is 10.1. The summed E-state index contributed by atoms with van der Waals surface area (Å²) >= 11 is 10.8. The van der Waals surface area contributed by atoms with Crippen LogP contribution in [0.3, 0.4) is 0 Å². The molecule has 4 aromatic rings. The second-order valence-corrected chi connectivity index (χ2v) is 6.90. The predicted molar refractivity (Wildman–Crippen MR) is 112 cm³/mol. The molecule has 0 saturated heterocycles. The van der Waals surface area contributed by atoms with Gasteiger partial charge < -0.3 is 10.5 Å². The van der Waals surface area contributed by atoms with Crippen LogP contribution in [0.2, 0.25) is 5.02 Å². The molecule has 3 N–H and O–H groups in total. The molecule has 1 aromatic carbocycles. The Morgan fingerprint density at radius 1 is 1.32 bits per heavy atom. The number of nitrogens with two attached hydrogens (primary N) is 1. The van der Waals surface area contributed by atoms with E-state index in [1.165, 1.54) is 10.9 Å². The maximum atomic E-state index is 12.7. The fourth-order valence-electron chi connectivity index (χ4n) is 3.07. The van der Waals surface area contributed by atoms with Crippen molar-refractivity contribution in [3.8, 4) is 11.1 Å². The highest BCUT2D eigenvalue weighted by Gasteiger charge is 2.18. The fraction of sp³-hybridized carbons (Fsp3) is 0.111. The van der Waals surface area contributed by atoms with Crippen molar-refractivity contribution in [1.82, 2.24) is 19.3 Å². The van der Waals surface area contributed by atoms with Crippen LogP contribution < -0.4 is 16.7 Å². The quantitative estimate of drug-likeness (QED) is 0.494. The van der Waals surface area contributed by atoms with Crippen LogP contribution in [-0.2, 0) is 11.3 Å². The minimum Gasteiger partial charge on any atom is -0.378 e. The molecule has 3 heterocycles. The van der Waals surface area contributed by atoms with Gasteiger partial charge in [-0.2, -0.15) is 5.10 Å². The van der Waals surface area contributed by atoms with Gasteiger partial charge in [0.1, 0.15) is 0 Å². The van der Waals surface area contributed by atoms with E-state index in [-0.39, 0.29) is 10.7 Å². The highest BCUT2D eigenvalue weighted by atomic mass is 35.5. The van der Waals surface area contributed by atoms with E-state index in [0.717, 1.165) is 11.1 Å². The van der Waals surface area contributed by atoms with Gasteiger partial charge in [-0.1, -0.05) is 23.7 Å². The Kier molecular flexibility index (Phi) is 4.71. The van der Waals surface area contributed by atoms with Crippen LogP contribution in [0, 0.1) is 0 Å². The van der Waals surface area contributed by atoms with E-state index in [0.29, 0.717) is 33.9 Å². The van der Waals surface area contributed by atoms with Gasteiger partial charge in [0.25, 0.3) is 5.56 Å². The van der Waals surface area contributed by atoms with Gasteiger partial charge in [0, 0.05) is 24.5 Å². The summed E-state index contributed by atoms with van der Waals surface area (Å²) in [5.74, 6) is 0. The highest BCUT2D eigenvalue weighted by molar-refractivity contribution is 7.80. The van der Waals surface area contributed by atoms with Crippen LogP contribution >= 0.6 is 23.8 Å². The van der Waals surface area contributed by atoms with E-state index in [4.69, 9.17) is 34.3 Å². The second-order valence-electron chi connectivity index (χ2n) is 6.02. The first-order chi connectivity index (χ1) is 13.5. The van der Waals surface area contributed by atoms with Gasteiger partial charge in [-0.05, 0) is 36.0 Å². The van der Waals surface area contributed by atoms with Gasteiger partial charge in [-0.3, -0.25) is 10.2 Å². The maximum absolute atomic E-state index is 12.7. The number of thiocarbonyl (C=S) groups is 1. The third-order valence-electron chi connectivity index (χ3n) is 4.23. The number of rotatable bonds is 4. The van der Waals surface area contributed by atoms with E-state index in [1.54, 1.807) is 36.0 Å². The van der Waals surface area contributed by atoms with Gasteiger partial charge in [-0.15, -0.1) is 0 Å². The van der Waals surface area contributed by atoms with E-state index in [1.807, 2.05) is 12.1 Å². The molecular weight excluding hydrogens is 400 g/mol. The number of nitrogens with one attached hydrogen (secondary N) is 1. The normalized spacial score (nSPS) is 11.2. The van der Waals surface area contributed by atoms with Crippen LogP contribution in [0.25, 0.3) is 27.7 Å². The summed E-state index contributed by atoms with van der Waals surface area (Å²) in [6, 6.07) is 9.14. The maximum Gasteiger partial charge on any atom is 0.280 e. The molecule has 0 saturated carbocycles. The average molecular weight is 415 g/mol. The monoisotopic (exact) mass is 414 g/mol. The number of methoxy groups -OCH3 is 1. The van der Waals surface area contributed by atoms with Gasteiger partial charge >= 0.3 is 0 Å². The Morgan fingerprint density at radius 2 is 2.07 bits per heavy atom. The molecule has 8 nitrogen and oxygen atoms in total. The van der Waals surface area contributed by atoms with Crippen molar-refractivity contribution in [1.29, 1.82) is 0 Å². The molecule has 4 rings (SSSR count). The Balaban J connectivity index is 2.00. The standard InChI is InChI=1S/C18H15ClN6O2S/c1-27-9-13-15(10-2-4-11(19)5-3-10)16-21-8-12-14(25(16)22-13)6-7-24(17(12)26)23-18(20)28/h2-8H,9H2,1H3,(H3,20,23,28). The summed E-state index contributed by atoms with van der Waals surface area (Å²) in [6.07, 6.45) is 3.06. The minimum absolute atomic E-state index is 0.0121. The lowest BCUT2D eigenvalue weighted by molar-refractivity contribution is 0.181. The van der Waals surface area contributed by atoms with Crippen molar-refractivity contribution in [2.24, 2.45) is 5.73 Å². The molecule has 0 amide bonds. The summed E-state index contributed by atoms with van der Waals surface area (Å²) in [7, 11) is 1.60. The molecular formula is C18H15ClN6O2S. The zero-order valence-corrected chi connectivity index (χ0v) is 16.3. The number of aromatic nitrogens is 4. The van der Waals surface area contributed by atoms with Gasteiger partial charge in [0.15, 0.2) is 10.8 Å². The lowest BCUT2D eigenvalue weighted by Crippen LogP contribution is -2.35. The van der Waals surface area contributed by atoms with E-state index < -0.39 is 0 Å². The van der Waals surface area contributed by atoms with Crippen molar-refractivity contribution in [3.05, 3.63) is 63.8 Å². The Bertz CT molecular complexity index is 1270. The number of fused-ring (bicyclic) bond motifs is 3. The molecule has 3 aromatic heterocycles. The summed E-state index contributed by atoms with van der Waals surface area (Å²) in [4.78, 5) is 17.2. The number of nitrogens with zero attached hydrogens (tertiary/aromatic N) is 4. The number of hydrogen-bond acceptors (Lipinski definition) is 5. The molecule has 0 bridgehead atoms. The van der Waals surface area contributed by atoms with Crippen molar-refractivity contribution in [2.45, 2.75) is 6.61 Å². The summed E-state index contributed by atoms with van der Waals surface area (Å²) in [5.41, 5.74) is 11.4. The molecule has 28 heavy (non-hydrogen) atoms. The SMILES string of the molecule is COCc1nn2c(ncc3c(=O)n(NC(N)=S)ccc32)c1-c1ccc(Cl)cc1. The van der Waals surface area contributed by atoms with Gasteiger partial charge in [0.05, 0.1) is 28.8 Å². The largest absolute Gasteiger partial charge is 0.378 e. The van der Waals surface area contributed by atoms with Crippen LogP contribution in [0.5, 0.6) is 0 Å². The molecule has 0 unspecified atom stereocenters. The topological polar surface area (TPSA) is 99.5 Å². The van der Waals surface area contributed by atoms with Crippen LogP contribution in [0.4, 0.5) is 0 Å². The van der Waals surface area contributed by atoms with Crippen LogP contribution in [-0.4, -0.2) is 31.5 Å². The molecule has 0 fully saturated rings. The van der Waals surface area contributed by atoms with Crippen LogP contribution in [0.1, 0.15) is 5.69 Å². The van der Waals surface area contributed by atoms with Crippen molar-refractivity contribution >= 4 is 45.5 Å². The van der Waals surface area contributed by atoms with Crippen molar-refractivity contribution in [2.75, 3.05) is 12.5 Å². The van der Waals surface area contributed by atoms with Gasteiger partial charge in [0.2, 0.25) is 0 Å². The number of halogens is 1. The number of ether oxygens (including phenoxy) is 1. The van der Waals surface area contributed by atoms with Crippen molar-refractivity contribution < 1.29 is 4.74 Å². The molecule has 142 valence electrons. The third kappa shape index (κ3) is 3.09. The molecule has 0 aliphatic rings. The van der Waals surface area contributed by atoms with Gasteiger partial charge in [-0.25, -0.2) is 14.2 Å². The number of hydrogen-bond donors (Lipinski definition) is 2. The van der Waals surface area contributed by atoms with E-state index in [9.17, 15) is 4.79 Å². The Hall–Kier alpha value is -3.01. The van der Waals surface area contributed by atoms with E-state index >= 15 is 0 Å². The third-order valence-corrected chi connectivity index (χ3v) is 4.57. The van der Waals surface area contributed by atoms with Crippen molar-refractivity contribution in [3.63, 3.8) is 0 Å². The first-order valence-electron chi connectivity index (χ1n) is 8.23. The fourth-order valence-corrected chi connectivity index (χ4v) is 3.30. The smallest absolute Gasteiger partial charge is 0.280 e. The Labute approximate surface area is 169 Å². The molecule has 0 aliphatic carbocycles. The predicted octanol–water partition coefficient (Wildman–Crippen LogP) is 2.30. The zero-order valence-electron chi connectivity index (χ0n) is 14.7. The van der Waals surface area contributed by atoms with E-state index in [2.05, 4.69) is 15.5 Å². The first-order valence-corrected chi connectivity index (χ1v) is 9.01. The summed E-state index contributed by atoms with van der Waals surface area (Å²) < 4.78 is 8.15.